The first-order valence-electron chi connectivity index (χ1n) is 12.8. The molecule has 1 aliphatic carbocycles. The number of halogens is 2. The molecule has 2 fully saturated rings. The van der Waals surface area contributed by atoms with E-state index < -0.39 is 23.4 Å². The van der Waals surface area contributed by atoms with Crippen molar-refractivity contribution < 1.29 is 33.0 Å². The van der Waals surface area contributed by atoms with Gasteiger partial charge in [0.1, 0.15) is 12.3 Å². The first-order chi connectivity index (χ1) is 18.0. The molecule has 11 heteroatoms. The normalized spacial score (nSPS) is 20.4. The number of aromatic nitrogens is 3. The van der Waals surface area contributed by atoms with Crippen LogP contribution in [0.2, 0.25) is 0 Å². The number of methoxy groups -OCH3 is 1. The summed E-state index contributed by atoms with van der Waals surface area (Å²) in [6.07, 6.45) is 4.87. The summed E-state index contributed by atoms with van der Waals surface area (Å²) < 4.78 is 41.4. The fraction of sp³-hybridized carbons (Fsp3) is 0.519. The summed E-state index contributed by atoms with van der Waals surface area (Å²) in [6, 6.07) is 3.40. The molecule has 2 aliphatic rings. The SMILES string of the molecule is CCOC(=O)Cn1cc(C2CC3(CCN2Cc2c(OC)cc(C)c4c2ccn4C(=O)O)CC(F)(F)C3)cn1. The zero-order chi connectivity index (χ0) is 27.2. The number of hydrogen-bond donors (Lipinski definition) is 1. The van der Waals surface area contributed by atoms with Gasteiger partial charge in [0, 0.05) is 54.3 Å². The number of piperidine rings is 1. The van der Waals surface area contributed by atoms with E-state index in [1.807, 2.05) is 13.0 Å². The molecule has 1 N–H and O–H groups in total. The summed E-state index contributed by atoms with van der Waals surface area (Å²) in [5, 5.41) is 14.8. The number of alkyl halides is 2. The minimum Gasteiger partial charge on any atom is -0.496 e. The molecule has 1 aromatic carbocycles. The number of aryl methyl sites for hydroxylation is 1. The maximum absolute atomic E-state index is 14.0. The Bertz CT molecular complexity index is 1370. The minimum atomic E-state index is -2.63. The predicted molar refractivity (Wildman–Crippen MR) is 135 cm³/mol. The Kier molecular flexibility index (Phi) is 6.66. The van der Waals surface area contributed by atoms with Crippen molar-refractivity contribution in [2.24, 2.45) is 5.41 Å². The Hall–Kier alpha value is -3.47. The van der Waals surface area contributed by atoms with Crippen LogP contribution in [-0.4, -0.2) is 62.6 Å². The van der Waals surface area contributed by atoms with Gasteiger partial charge in [0.2, 0.25) is 5.92 Å². The standard InChI is InChI=1S/C27H32F2N4O5/c1-4-38-23(34)14-32-12-18(11-30-32)21-10-26(15-27(28,29)16-26)6-8-31(21)13-20-19-5-7-33(25(35)36)24(19)17(2)9-22(20)37-3/h5,7,9,11-12,21H,4,6,8,10,13-16H2,1-3H3,(H,35,36). The molecule has 0 radical (unpaired) electrons. The molecule has 2 aromatic heterocycles. The zero-order valence-corrected chi connectivity index (χ0v) is 21.7. The number of likely N-dealkylation sites (tertiary alicyclic amines) is 1. The summed E-state index contributed by atoms with van der Waals surface area (Å²) in [7, 11) is 1.58. The number of fused-ring (bicyclic) bond motifs is 1. The maximum atomic E-state index is 14.0. The van der Waals surface area contributed by atoms with Gasteiger partial charge in [0.15, 0.2) is 0 Å². The fourth-order valence-electron chi connectivity index (χ4n) is 6.31. The first kappa shape index (κ1) is 26.1. The molecule has 38 heavy (non-hydrogen) atoms. The predicted octanol–water partition coefficient (Wildman–Crippen LogP) is 5.00. The van der Waals surface area contributed by atoms with Crippen LogP contribution in [0.1, 0.15) is 55.3 Å². The fourth-order valence-corrected chi connectivity index (χ4v) is 6.31. The van der Waals surface area contributed by atoms with Crippen LogP contribution in [0, 0.1) is 12.3 Å². The Morgan fingerprint density at radius 1 is 1.29 bits per heavy atom. The molecular weight excluding hydrogens is 498 g/mol. The quantitative estimate of drug-likeness (QED) is 0.430. The smallest absolute Gasteiger partial charge is 0.416 e. The van der Waals surface area contributed by atoms with E-state index in [-0.39, 0.29) is 32.0 Å². The van der Waals surface area contributed by atoms with Gasteiger partial charge in [-0.05, 0) is 56.3 Å². The van der Waals surface area contributed by atoms with Crippen molar-refractivity contribution in [3.63, 3.8) is 0 Å². The van der Waals surface area contributed by atoms with Crippen molar-refractivity contribution in [3.8, 4) is 5.75 Å². The Balaban J connectivity index is 1.50. The van der Waals surface area contributed by atoms with Crippen molar-refractivity contribution in [3.05, 3.63) is 47.4 Å². The minimum absolute atomic E-state index is 0.0289. The van der Waals surface area contributed by atoms with E-state index in [0.717, 1.165) is 22.1 Å². The monoisotopic (exact) mass is 530 g/mol. The average molecular weight is 531 g/mol. The van der Waals surface area contributed by atoms with Crippen LogP contribution in [0.15, 0.2) is 30.7 Å². The third kappa shape index (κ3) is 4.75. The summed E-state index contributed by atoms with van der Waals surface area (Å²) >= 11 is 0. The molecule has 1 saturated carbocycles. The number of rotatable bonds is 7. The van der Waals surface area contributed by atoms with Crippen LogP contribution >= 0.6 is 0 Å². The second-order valence-electron chi connectivity index (χ2n) is 10.5. The lowest BCUT2D eigenvalue weighted by atomic mass is 9.59. The molecule has 0 bridgehead atoms. The molecule has 1 atom stereocenters. The zero-order valence-electron chi connectivity index (χ0n) is 21.7. The van der Waals surface area contributed by atoms with Gasteiger partial charge in [-0.1, -0.05) is 0 Å². The number of carbonyl (C=O) groups excluding carboxylic acids is 1. The lowest BCUT2D eigenvalue weighted by Crippen LogP contribution is -2.53. The van der Waals surface area contributed by atoms with Crippen molar-refractivity contribution in [1.29, 1.82) is 0 Å². The second kappa shape index (κ2) is 9.68. The number of carboxylic acid groups (broad SMARTS) is 1. The Morgan fingerprint density at radius 2 is 2.05 bits per heavy atom. The van der Waals surface area contributed by atoms with Crippen LogP contribution in [-0.2, 0) is 22.6 Å². The molecule has 1 spiro atoms. The highest BCUT2D eigenvalue weighted by Gasteiger charge is 2.58. The molecule has 9 nitrogen and oxygen atoms in total. The molecule has 0 amide bonds. The van der Waals surface area contributed by atoms with E-state index in [1.165, 1.54) is 15.4 Å². The third-order valence-electron chi connectivity index (χ3n) is 7.92. The number of ether oxygens (including phenoxy) is 2. The third-order valence-corrected chi connectivity index (χ3v) is 7.92. The molecule has 1 unspecified atom stereocenters. The van der Waals surface area contributed by atoms with E-state index in [9.17, 15) is 23.5 Å². The number of benzene rings is 1. The van der Waals surface area contributed by atoms with Crippen molar-refractivity contribution >= 4 is 23.0 Å². The van der Waals surface area contributed by atoms with Gasteiger partial charge in [-0.15, -0.1) is 0 Å². The summed E-state index contributed by atoms with van der Waals surface area (Å²) in [5.74, 6) is -2.38. The van der Waals surface area contributed by atoms with Gasteiger partial charge in [0.25, 0.3) is 0 Å². The molecule has 1 saturated heterocycles. The molecule has 204 valence electrons. The number of nitrogens with zero attached hydrogens (tertiary/aromatic N) is 4. The number of carbonyl (C=O) groups is 2. The number of hydrogen-bond acceptors (Lipinski definition) is 6. The largest absolute Gasteiger partial charge is 0.496 e. The summed E-state index contributed by atoms with van der Waals surface area (Å²) in [5.41, 5.74) is 2.62. The van der Waals surface area contributed by atoms with Gasteiger partial charge >= 0.3 is 12.1 Å². The molecule has 3 heterocycles. The van der Waals surface area contributed by atoms with Gasteiger partial charge in [-0.25, -0.2) is 13.6 Å². The van der Waals surface area contributed by atoms with Crippen LogP contribution in [0.3, 0.4) is 0 Å². The highest BCUT2D eigenvalue weighted by atomic mass is 19.3. The van der Waals surface area contributed by atoms with Crippen molar-refractivity contribution in [2.75, 3.05) is 20.3 Å². The van der Waals surface area contributed by atoms with Crippen LogP contribution < -0.4 is 4.74 Å². The van der Waals surface area contributed by atoms with Gasteiger partial charge in [0.05, 0.1) is 25.4 Å². The molecule has 1 aliphatic heterocycles. The lowest BCUT2D eigenvalue weighted by Gasteiger charge is -2.54. The average Bonchev–Trinajstić information content (AvgIpc) is 3.48. The van der Waals surface area contributed by atoms with E-state index in [2.05, 4.69) is 10.00 Å². The summed E-state index contributed by atoms with van der Waals surface area (Å²) in [6.45, 7) is 4.85. The Labute approximate surface area is 218 Å². The van der Waals surface area contributed by atoms with Gasteiger partial charge in [-0.2, -0.15) is 5.10 Å². The summed E-state index contributed by atoms with van der Waals surface area (Å²) in [4.78, 5) is 26.0. The molecule has 3 aromatic rings. The van der Waals surface area contributed by atoms with Gasteiger partial charge in [-0.3, -0.25) is 18.9 Å². The van der Waals surface area contributed by atoms with Gasteiger partial charge < -0.3 is 14.6 Å². The molecular formula is C27H32F2N4O5. The van der Waals surface area contributed by atoms with Crippen LogP contribution in [0.4, 0.5) is 13.6 Å². The van der Waals surface area contributed by atoms with E-state index >= 15 is 0 Å². The lowest BCUT2D eigenvalue weighted by molar-refractivity contribution is -0.186. The second-order valence-corrected chi connectivity index (χ2v) is 10.5. The van der Waals surface area contributed by atoms with Crippen molar-refractivity contribution in [2.45, 2.75) is 64.6 Å². The van der Waals surface area contributed by atoms with Crippen LogP contribution in [0.25, 0.3) is 10.9 Å². The molecule has 5 rings (SSSR count). The van der Waals surface area contributed by atoms with Crippen molar-refractivity contribution in [1.82, 2.24) is 19.2 Å². The van der Waals surface area contributed by atoms with E-state index in [0.29, 0.717) is 37.2 Å². The van der Waals surface area contributed by atoms with E-state index in [1.54, 1.807) is 32.5 Å². The topological polar surface area (TPSA) is 98.8 Å². The Morgan fingerprint density at radius 3 is 2.71 bits per heavy atom. The van der Waals surface area contributed by atoms with Crippen LogP contribution in [0.5, 0.6) is 5.75 Å². The number of esters is 1. The highest BCUT2D eigenvalue weighted by Crippen LogP contribution is 2.60. The highest BCUT2D eigenvalue weighted by molar-refractivity contribution is 5.94. The van der Waals surface area contributed by atoms with E-state index in [4.69, 9.17) is 9.47 Å². The maximum Gasteiger partial charge on any atom is 0.416 e. The first-order valence-corrected chi connectivity index (χ1v) is 12.8.